The van der Waals surface area contributed by atoms with Gasteiger partial charge >= 0.3 is 0 Å². The van der Waals surface area contributed by atoms with Crippen molar-refractivity contribution in [3.63, 3.8) is 0 Å². The predicted octanol–water partition coefficient (Wildman–Crippen LogP) is 4.06. The maximum absolute atomic E-state index is 3.84. The highest BCUT2D eigenvalue weighted by Crippen LogP contribution is 2.23. The Labute approximate surface area is 121 Å². The van der Waals surface area contributed by atoms with Gasteiger partial charge in [0.15, 0.2) is 0 Å². The standard InChI is InChI=1S/C17H36N2/c1-5-13-18-16-11-9-7-8-10-12-17(16)19(6-2)14-15(3)4/h15-18H,5-14H2,1-4H3. The van der Waals surface area contributed by atoms with E-state index in [-0.39, 0.29) is 0 Å². The van der Waals surface area contributed by atoms with E-state index in [0.717, 1.165) is 18.0 Å². The minimum atomic E-state index is 0.721. The summed E-state index contributed by atoms with van der Waals surface area (Å²) < 4.78 is 0. The minimum absolute atomic E-state index is 0.721. The average Bonchev–Trinajstić information content (AvgIpc) is 2.35. The molecule has 1 saturated carbocycles. The van der Waals surface area contributed by atoms with E-state index in [1.165, 1.54) is 64.6 Å². The minimum Gasteiger partial charge on any atom is -0.312 e. The van der Waals surface area contributed by atoms with Crippen molar-refractivity contribution in [2.75, 3.05) is 19.6 Å². The Kier molecular flexibility index (Phi) is 8.72. The van der Waals surface area contributed by atoms with Crippen molar-refractivity contribution in [1.82, 2.24) is 10.2 Å². The number of hydrogen-bond donors (Lipinski definition) is 1. The summed E-state index contributed by atoms with van der Waals surface area (Å²) in [5.74, 6) is 0.775. The zero-order valence-corrected chi connectivity index (χ0v) is 13.8. The van der Waals surface area contributed by atoms with Crippen LogP contribution in [0.4, 0.5) is 0 Å². The van der Waals surface area contributed by atoms with E-state index in [1.54, 1.807) is 0 Å². The lowest BCUT2D eigenvalue weighted by atomic mass is 9.90. The monoisotopic (exact) mass is 268 g/mol. The first-order chi connectivity index (χ1) is 9.19. The number of likely N-dealkylation sites (N-methyl/N-ethyl adjacent to an activating group) is 1. The van der Waals surface area contributed by atoms with E-state index in [2.05, 4.69) is 37.9 Å². The average molecular weight is 268 g/mol. The molecule has 0 aromatic rings. The second kappa shape index (κ2) is 9.77. The maximum Gasteiger partial charge on any atom is 0.0249 e. The summed E-state index contributed by atoms with van der Waals surface area (Å²) in [6, 6.07) is 1.48. The fourth-order valence-corrected chi connectivity index (χ4v) is 3.44. The van der Waals surface area contributed by atoms with Crippen molar-refractivity contribution < 1.29 is 0 Å². The molecule has 1 aliphatic rings. The summed E-state index contributed by atoms with van der Waals surface area (Å²) >= 11 is 0. The molecule has 2 atom stereocenters. The summed E-state index contributed by atoms with van der Waals surface area (Å²) in [6.45, 7) is 12.9. The van der Waals surface area contributed by atoms with Crippen LogP contribution >= 0.6 is 0 Å². The fourth-order valence-electron chi connectivity index (χ4n) is 3.44. The molecule has 0 bridgehead atoms. The quantitative estimate of drug-likeness (QED) is 0.749. The van der Waals surface area contributed by atoms with Gasteiger partial charge in [-0.15, -0.1) is 0 Å². The molecule has 114 valence electrons. The Balaban J connectivity index is 2.66. The molecule has 0 amide bonds. The summed E-state index contributed by atoms with van der Waals surface area (Å²) in [6.07, 6.45) is 9.73. The van der Waals surface area contributed by atoms with Gasteiger partial charge in [0.2, 0.25) is 0 Å². The molecular formula is C17H36N2. The third-order valence-corrected chi connectivity index (χ3v) is 4.36. The Bertz CT molecular complexity index is 213. The van der Waals surface area contributed by atoms with Crippen molar-refractivity contribution in [3.05, 3.63) is 0 Å². The fraction of sp³-hybridized carbons (Fsp3) is 1.00. The van der Waals surface area contributed by atoms with Crippen LogP contribution in [-0.2, 0) is 0 Å². The highest BCUT2D eigenvalue weighted by molar-refractivity contribution is 4.86. The smallest absolute Gasteiger partial charge is 0.0249 e. The van der Waals surface area contributed by atoms with E-state index < -0.39 is 0 Å². The first-order valence-corrected chi connectivity index (χ1v) is 8.66. The molecule has 2 heteroatoms. The molecule has 2 unspecified atom stereocenters. The van der Waals surface area contributed by atoms with Gasteiger partial charge in [-0.25, -0.2) is 0 Å². The van der Waals surface area contributed by atoms with Gasteiger partial charge in [-0.3, -0.25) is 4.90 Å². The lowest BCUT2D eigenvalue weighted by Crippen LogP contribution is -2.51. The second-order valence-electron chi connectivity index (χ2n) is 6.60. The Morgan fingerprint density at radius 2 is 1.74 bits per heavy atom. The molecule has 1 rings (SSSR count). The summed E-state index contributed by atoms with van der Waals surface area (Å²) in [7, 11) is 0. The Hall–Kier alpha value is -0.0800. The number of hydrogen-bond acceptors (Lipinski definition) is 2. The van der Waals surface area contributed by atoms with Crippen molar-refractivity contribution in [3.8, 4) is 0 Å². The summed E-state index contributed by atoms with van der Waals surface area (Å²) in [4.78, 5) is 2.74. The van der Waals surface area contributed by atoms with Gasteiger partial charge < -0.3 is 5.32 Å². The van der Waals surface area contributed by atoms with Crippen LogP contribution in [0.2, 0.25) is 0 Å². The van der Waals surface area contributed by atoms with Crippen molar-refractivity contribution >= 4 is 0 Å². The Morgan fingerprint density at radius 3 is 2.32 bits per heavy atom. The Morgan fingerprint density at radius 1 is 1.05 bits per heavy atom. The third-order valence-electron chi connectivity index (χ3n) is 4.36. The number of rotatable bonds is 7. The van der Waals surface area contributed by atoms with E-state index in [1.807, 2.05) is 0 Å². The van der Waals surface area contributed by atoms with Gasteiger partial charge in [-0.2, -0.15) is 0 Å². The topological polar surface area (TPSA) is 15.3 Å². The zero-order chi connectivity index (χ0) is 14.1. The van der Waals surface area contributed by atoms with Crippen LogP contribution in [-0.4, -0.2) is 36.6 Å². The molecular weight excluding hydrogens is 232 g/mol. The number of nitrogens with zero attached hydrogens (tertiary/aromatic N) is 1. The molecule has 0 aromatic heterocycles. The van der Waals surface area contributed by atoms with Crippen LogP contribution in [0.25, 0.3) is 0 Å². The molecule has 0 radical (unpaired) electrons. The van der Waals surface area contributed by atoms with Crippen molar-refractivity contribution in [1.29, 1.82) is 0 Å². The highest BCUT2D eigenvalue weighted by atomic mass is 15.2. The molecule has 1 fully saturated rings. The summed E-state index contributed by atoms with van der Waals surface area (Å²) in [5, 5.41) is 3.84. The highest BCUT2D eigenvalue weighted by Gasteiger charge is 2.27. The molecule has 0 aliphatic heterocycles. The molecule has 1 N–H and O–H groups in total. The molecule has 0 saturated heterocycles. The first kappa shape index (κ1) is 17.0. The van der Waals surface area contributed by atoms with E-state index in [9.17, 15) is 0 Å². The van der Waals surface area contributed by atoms with Crippen LogP contribution in [0.5, 0.6) is 0 Å². The van der Waals surface area contributed by atoms with E-state index >= 15 is 0 Å². The SMILES string of the molecule is CCCNC1CCCCCCC1N(CC)CC(C)C. The lowest BCUT2D eigenvalue weighted by molar-refractivity contribution is 0.125. The van der Waals surface area contributed by atoms with Gasteiger partial charge in [0.05, 0.1) is 0 Å². The first-order valence-electron chi connectivity index (χ1n) is 8.66. The van der Waals surface area contributed by atoms with E-state index in [0.29, 0.717) is 0 Å². The van der Waals surface area contributed by atoms with Crippen LogP contribution in [0.1, 0.15) is 72.6 Å². The molecule has 0 heterocycles. The van der Waals surface area contributed by atoms with Gasteiger partial charge in [0.25, 0.3) is 0 Å². The van der Waals surface area contributed by atoms with Crippen molar-refractivity contribution in [2.45, 2.75) is 84.7 Å². The molecule has 0 spiro atoms. The van der Waals surface area contributed by atoms with Gasteiger partial charge in [0.1, 0.15) is 0 Å². The molecule has 0 aromatic carbocycles. The van der Waals surface area contributed by atoms with E-state index in [4.69, 9.17) is 0 Å². The maximum atomic E-state index is 3.84. The number of nitrogens with one attached hydrogen (secondary N) is 1. The second-order valence-corrected chi connectivity index (χ2v) is 6.60. The van der Waals surface area contributed by atoms with Crippen LogP contribution in [0, 0.1) is 5.92 Å². The third kappa shape index (κ3) is 6.27. The van der Waals surface area contributed by atoms with Gasteiger partial charge in [-0.05, 0) is 38.3 Å². The largest absolute Gasteiger partial charge is 0.312 e. The van der Waals surface area contributed by atoms with Gasteiger partial charge in [-0.1, -0.05) is 53.4 Å². The van der Waals surface area contributed by atoms with Crippen LogP contribution in [0.3, 0.4) is 0 Å². The van der Waals surface area contributed by atoms with Gasteiger partial charge in [0, 0.05) is 18.6 Å². The normalized spacial score (nSPS) is 25.6. The molecule has 2 nitrogen and oxygen atoms in total. The zero-order valence-electron chi connectivity index (χ0n) is 13.8. The van der Waals surface area contributed by atoms with Crippen LogP contribution in [0.15, 0.2) is 0 Å². The van der Waals surface area contributed by atoms with Crippen molar-refractivity contribution in [2.24, 2.45) is 5.92 Å². The summed E-state index contributed by atoms with van der Waals surface area (Å²) in [5.41, 5.74) is 0. The van der Waals surface area contributed by atoms with Crippen LogP contribution < -0.4 is 5.32 Å². The lowest BCUT2D eigenvalue weighted by Gasteiger charge is -2.39. The molecule has 19 heavy (non-hydrogen) atoms. The molecule has 1 aliphatic carbocycles. The predicted molar refractivity (Wildman–Crippen MR) is 85.7 cm³/mol.